The topological polar surface area (TPSA) is 340 Å². The number of Topliss-reactive ketones (excluding diaryl/α,β-unsaturated/α-hetero) is 6. The molecular formula is C91H108N8O16. The van der Waals surface area contributed by atoms with E-state index in [4.69, 9.17) is 18.9 Å². The molecule has 0 spiro atoms. The quantitative estimate of drug-likeness (QED) is 0.0194. The largest absolute Gasteiger partial charge is 0.445 e. The number of hydrogen-bond donors (Lipinski definition) is 6. The lowest BCUT2D eigenvalue weighted by molar-refractivity contribution is -0.124. The van der Waals surface area contributed by atoms with Crippen LogP contribution in [-0.4, -0.2) is 117 Å². The Morgan fingerprint density at radius 1 is 0.261 bits per heavy atom. The molecule has 6 N–H and O–H groups in total. The number of ketones is 6. The zero-order valence-electron chi connectivity index (χ0n) is 66.7. The third-order valence-corrected chi connectivity index (χ3v) is 18.4. The molecule has 24 nitrogen and oxygen atoms in total. The summed E-state index contributed by atoms with van der Waals surface area (Å²) >= 11 is 0. The Morgan fingerprint density at radius 3 is 0.704 bits per heavy atom. The number of carbonyl (C=O) groups is 12. The highest BCUT2D eigenvalue weighted by atomic mass is 16.6. The predicted octanol–water partition coefficient (Wildman–Crippen LogP) is 14.6. The number of carbonyl (C=O) groups excluding carboxylic acids is 12. The second kappa shape index (κ2) is 50.6. The van der Waals surface area contributed by atoms with Crippen LogP contribution < -0.4 is 31.9 Å². The lowest BCUT2D eigenvalue weighted by Gasteiger charge is -2.22. The lowest BCUT2D eigenvalue weighted by Crippen LogP contribution is -2.45. The summed E-state index contributed by atoms with van der Waals surface area (Å²) in [6.07, 6.45) is 5.58. The number of nitrogens with one attached hydrogen (secondary N) is 6. The van der Waals surface area contributed by atoms with Gasteiger partial charge in [0.15, 0.2) is 34.7 Å². The maximum absolute atomic E-state index is 13.3. The van der Waals surface area contributed by atoms with Gasteiger partial charge in [-0.25, -0.2) is 19.2 Å². The zero-order chi connectivity index (χ0) is 83.3. The summed E-state index contributed by atoms with van der Waals surface area (Å²) in [6, 6.07) is 57.8. The Balaban J connectivity index is 0.000000272. The van der Waals surface area contributed by atoms with E-state index in [9.17, 15) is 57.5 Å². The van der Waals surface area contributed by atoms with E-state index in [0.717, 1.165) is 33.4 Å². The minimum Gasteiger partial charge on any atom is -0.445 e. The summed E-state index contributed by atoms with van der Waals surface area (Å²) in [5, 5.41) is 16.3. The summed E-state index contributed by atoms with van der Waals surface area (Å²) in [4.78, 5) is 160. The van der Waals surface area contributed by atoms with Gasteiger partial charge in [-0.3, -0.25) is 48.3 Å². The van der Waals surface area contributed by atoms with Gasteiger partial charge in [0.05, 0.1) is 36.3 Å². The van der Waals surface area contributed by atoms with Crippen molar-refractivity contribution in [3.63, 3.8) is 0 Å². The van der Waals surface area contributed by atoms with Crippen molar-refractivity contribution >= 4 is 70.9 Å². The fraction of sp³-hybridized carbons (Fsp3) is 0.363. The van der Waals surface area contributed by atoms with Crippen LogP contribution in [0.25, 0.3) is 0 Å². The van der Waals surface area contributed by atoms with Crippen molar-refractivity contribution in [1.82, 2.24) is 41.9 Å². The van der Waals surface area contributed by atoms with Gasteiger partial charge in [-0.2, -0.15) is 0 Å². The van der Waals surface area contributed by atoms with Gasteiger partial charge in [-0.1, -0.05) is 237 Å². The minimum absolute atomic E-state index is 0.0682. The van der Waals surface area contributed by atoms with Crippen LogP contribution in [0.3, 0.4) is 0 Å². The van der Waals surface area contributed by atoms with Crippen molar-refractivity contribution in [2.24, 2.45) is 23.7 Å². The molecule has 0 saturated heterocycles. The van der Waals surface area contributed by atoms with Gasteiger partial charge in [0, 0.05) is 74.4 Å². The average Bonchev–Trinajstić information content (AvgIpc) is 0.881. The second-order valence-electron chi connectivity index (χ2n) is 29.0. The number of pyridine rings is 2. The molecule has 0 aliphatic heterocycles. The summed E-state index contributed by atoms with van der Waals surface area (Å²) in [6.45, 7) is 15.2. The molecule has 2 aromatic heterocycles. The van der Waals surface area contributed by atoms with Crippen LogP contribution in [0.4, 0.5) is 19.2 Å². The first-order valence-electron chi connectivity index (χ1n) is 38.9. The molecule has 0 aliphatic rings. The van der Waals surface area contributed by atoms with Gasteiger partial charge >= 0.3 is 24.4 Å². The van der Waals surface area contributed by atoms with Crippen molar-refractivity contribution in [1.29, 1.82) is 0 Å². The molecule has 0 aliphatic carbocycles. The van der Waals surface area contributed by atoms with E-state index in [1.165, 1.54) is 24.8 Å². The Hall–Kier alpha value is -12.3. The Morgan fingerprint density at radius 2 is 0.470 bits per heavy atom. The molecule has 0 fully saturated rings. The van der Waals surface area contributed by atoms with Crippen LogP contribution in [0.5, 0.6) is 0 Å². The van der Waals surface area contributed by atoms with E-state index in [2.05, 4.69) is 41.9 Å². The third-order valence-electron chi connectivity index (χ3n) is 18.4. The number of rotatable bonds is 42. The van der Waals surface area contributed by atoms with Crippen LogP contribution in [0.15, 0.2) is 231 Å². The maximum Gasteiger partial charge on any atom is 0.408 e. The second-order valence-corrected chi connectivity index (χ2v) is 29.0. The molecule has 24 heteroatoms. The van der Waals surface area contributed by atoms with Crippen LogP contribution in [0.2, 0.25) is 0 Å². The number of amides is 6. The molecule has 115 heavy (non-hydrogen) atoms. The first kappa shape index (κ1) is 91.5. The van der Waals surface area contributed by atoms with Gasteiger partial charge in [-0.15, -0.1) is 0 Å². The minimum atomic E-state index is -0.822. The van der Waals surface area contributed by atoms with Gasteiger partial charge in [0.1, 0.15) is 26.4 Å². The van der Waals surface area contributed by atoms with Crippen LogP contribution in [0.1, 0.15) is 167 Å². The van der Waals surface area contributed by atoms with Crippen LogP contribution in [-0.2, 0) is 87.0 Å². The molecule has 0 saturated carbocycles. The van der Waals surface area contributed by atoms with E-state index in [-0.39, 0.29) is 142 Å². The first-order chi connectivity index (χ1) is 55.3. The number of hydrogen-bond acceptors (Lipinski definition) is 18. The van der Waals surface area contributed by atoms with Crippen molar-refractivity contribution in [3.05, 3.63) is 276 Å². The molecular weight excluding hydrogens is 1460 g/mol. The highest BCUT2D eigenvalue weighted by Gasteiger charge is 2.31. The molecule has 0 bridgehead atoms. The monoisotopic (exact) mass is 1570 g/mol. The zero-order valence-corrected chi connectivity index (χ0v) is 66.7. The van der Waals surface area contributed by atoms with Gasteiger partial charge in [0.2, 0.25) is 0 Å². The maximum atomic E-state index is 13.3. The number of alkyl carbamates (subject to hydrolysis) is 4. The molecule has 608 valence electrons. The van der Waals surface area contributed by atoms with Gasteiger partial charge in [0.25, 0.3) is 11.8 Å². The Labute approximate surface area is 673 Å². The molecule has 6 atom stereocenters. The fourth-order valence-electron chi connectivity index (χ4n) is 12.0. The van der Waals surface area contributed by atoms with Gasteiger partial charge in [-0.05, 0) is 113 Å². The Kier molecular flexibility index (Phi) is 40.3. The molecule has 0 unspecified atom stereocenters. The van der Waals surface area contributed by atoms with Crippen molar-refractivity contribution in [2.75, 3.05) is 0 Å². The van der Waals surface area contributed by atoms with E-state index in [1.54, 1.807) is 24.3 Å². The first-order valence-corrected chi connectivity index (χ1v) is 38.9. The third kappa shape index (κ3) is 35.1. The van der Waals surface area contributed by atoms with E-state index in [1.807, 2.05) is 237 Å². The molecule has 8 aromatic rings. The summed E-state index contributed by atoms with van der Waals surface area (Å²) in [5.74, 6) is -2.15. The van der Waals surface area contributed by atoms with Crippen molar-refractivity contribution in [3.8, 4) is 0 Å². The highest BCUT2D eigenvalue weighted by molar-refractivity contribution is 5.99. The molecule has 0 radical (unpaired) electrons. The fourth-order valence-corrected chi connectivity index (χ4v) is 12.0. The smallest absolute Gasteiger partial charge is 0.408 e. The SMILES string of the molecule is CC(C)[C@H](NC(=O)OCc1ccccc1)C(=O)CCCC(=O)[C@@H](NC(=O)OCc1ccccc1)C(C)C.CC(C)[C@H](NC(=O)c1ccncc1)C(=O)CCCC(=O)[C@@H](NC(=O)c1ccncc1)C(C)C.O=C(N[C@@H](Cc1ccccc1)C(=O)CCCC(=O)[C@H](Cc1ccccc1)NC(=O)OCc1ccccc1)OCc1ccccc1. The Bertz CT molecular complexity index is 4040. The van der Waals surface area contributed by atoms with E-state index >= 15 is 0 Å². The summed E-state index contributed by atoms with van der Waals surface area (Å²) < 4.78 is 21.2. The lowest BCUT2D eigenvalue weighted by atomic mass is 9.93. The van der Waals surface area contributed by atoms with Crippen molar-refractivity contribution < 1.29 is 76.5 Å². The number of aromatic nitrogens is 2. The molecule has 6 amide bonds. The summed E-state index contributed by atoms with van der Waals surface area (Å²) in [5.41, 5.74) is 6.00. The van der Waals surface area contributed by atoms with Gasteiger partial charge < -0.3 is 50.8 Å². The molecule has 8 rings (SSSR count). The number of ether oxygens (including phenoxy) is 4. The summed E-state index contributed by atoms with van der Waals surface area (Å²) in [7, 11) is 0. The predicted molar refractivity (Wildman–Crippen MR) is 436 cm³/mol. The normalized spacial score (nSPS) is 12.3. The highest BCUT2D eigenvalue weighted by Crippen LogP contribution is 2.19. The number of benzene rings is 6. The molecule has 6 aromatic carbocycles. The van der Waals surface area contributed by atoms with Crippen LogP contribution in [0, 0.1) is 23.7 Å². The van der Waals surface area contributed by atoms with Crippen LogP contribution >= 0.6 is 0 Å². The van der Waals surface area contributed by atoms with Crippen molar-refractivity contribution in [2.45, 2.75) is 189 Å². The average molecular weight is 1570 g/mol. The van der Waals surface area contributed by atoms with E-state index in [0.29, 0.717) is 36.8 Å². The van der Waals surface area contributed by atoms with E-state index < -0.39 is 60.6 Å². The number of nitrogens with zero attached hydrogens (tertiary/aromatic N) is 2. The standard InChI is InChI=1S/C37H38N2O6.C29H38N2O6.C25H32N4O4/c40-34(32(24-28-14-5-1-6-15-28)38-36(42)44-26-30-18-9-3-10-19-30)22-13-23-35(41)33(25-29-16-7-2-8-17-29)39-37(43)45-27-31-20-11-4-12-21-31;1-20(2)26(30-28(34)36-18-22-12-7-5-8-13-22)24(32)16-11-17-25(33)27(21(3)4)31-29(35)37-19-23-14-9-6-10-15-23;1-16(2)22(28-24(32)18-8-12-26-13-9-18)20(30)6-5-7-21(31)23(17(3)4)29-25(33)19-10-14-27-15-11-19/h1-12,14-21,32-33H,13,22-27H2,(H,38,42)(H,39,43);5-10,12-15,20-21,26-27H,11,16-19H2,1-4H3,(H,30,34)(H,31,35);8-17,22-23H,5-7H2,1-4H3,(H,28,32)(H,29,33)/t32-,33-;26-,27-;22-,23-/m000/s1. The molecule has 2 heterocycles.